The predicted octanol–water partition coefficient (Wildman–Crippen LogP) is 1.81. The first-order valence-corrected chi connectivity index (χ1v) is 6.93. The van der Waals surface area contributed by atoms with E-state index in [4.69, 9.17) is 4.74 Å². The van der Waals surface area contributed by atoms with Gasteiger partial charge in [-0.15, -0.1) is 0 Å². The monoisotopic (exact) mass is 295 g/mol. The number of carbonyl (C=O) groups excluding carboxylic acids is 2. The number of hydrogen-bond donors (Lipinski definition) is 0. The summed E-state index contributed by atoms with van der Waals surface area (Å²) in [5.41, 5.74) is 0.540. The van der Waals surface area contributed by atoms with Crippen LogP contribution in [0.3, 0.4) is 0 Å². The Kier molecular flexibility index (Phi) is 4.20. The van der Waals surface area contributed by atoms with E-state index in [1.165, 1.54) is 7.11 Å². The third kappa shape index (κ3) is 3.74. The summed E-state index contributed by atoms with van der Waals surface area (Å²) in [6.07, 6.45) is 0.408. The molecule has 0 unspecified atom stereocenters. The first-order valence-electron chi connectivity index (χ1n) is 6.93. The SMILES string of the molecule is COC(=O)c1cc2n(n1)CCCN(C(=O)OC(C)(C)C)C2. The molecule has 1 aromatic rings. The Morgan fingerprint density at radius 2 is 2.00 bits per heavy atom. The van der Waals surface area contributed by atoms with Gasteiger partial charge in [0.15, 0.2) is 5.69 Å². The third-order valence-corrected chi connectivity index (χ3v) is 3.06. The van der Waals surface area contributed by atoms with E-state index in [1.54, 1.807) is 15.6 Å². The van der Waals surface area contributed by atoms with Gasteiger partial charge in [-0.1, -0.05) is 0 Å². The van der Waals surface area contributed by atoms with Crippen LogP contribution in [-0.4, -0.2) is 46.0 Å². The molecule has 0 radical (unpaired) electrons. The van der Waals surface area contributed by atoms with Gasteiger partial charge in [-0.3, -0.25) is 4.68 Å². The van der Waals surface area contributed by atoms with Crippen LogP contribution in [0, 0.1) is 0 Å². The lowest BCUT2D eigenvalue weighted by atomic mass is 10.2. The van der Waals surface area contributed by atoms with E-state index in [-0.39, 0.29) is 11.8 Å². The second kappa shape index (κ2) is 5.75. The van der Waals surface area contributed by atoms with Gasteiger partial charge in [0, 0.05) is 13.1 Å². The number of nitrogens with zero attached hydrogens (tertiary/aromatic N) is 3. The van der Waals surface area contributed by atoms with Crippen molar-refractivity contribution >= 4 is 12.1 Å². The van der Waals surface area contributed by atoms with Crippen molar-refractivity contribution in [3.8, 4) is 0 Å². The molecular weight excluding hydrogens is 274 g/mol. The van der Waals surface area contributed by atoms with E-state index < -0.39 is 11.6 Å². The summed E-state index contributed by atoms with van der Waals surface area (Å²) < 4.78 is 11.8. The van der Waals surface area contributed by atoms with E-state index in [0.717, 1.165) is 12.1 Å². The lowest BCUT2D eigenvalue weighted by Crippen LogP contribution is -2.36. The summed E-state index contributed by atoms with van der Waals surface area (Å²) in [4.78, 5) is 25.3. The van der Waals surface area contributed by atoms with Crippen molar-refractivity contribution in [2.75, 3.05) is 13.7 Å². The second-order valence-electron chi connectivity index (χ2n) is 5.99. The smallest absolute Gasteiger partial charge is 0.410 e. The molecule has 116 valence electrons. The number of aromatic nitrogens is 2. The van der Waals surface area contributed by atoms with E-state index in [1.807, 2.05) is 20.8 Å². The van der Waals surface area contributed by atoms with Crippen LogP contribution >= 0.6 is 0 Å². The highest BCUT2D eigenvalue weighted by Gasteiger charge is 2.26. The minimum absolute atomic E-state index is 0.263. The number of ether oxygens (including phenoxy) is 2. The zero-order chi connectivity index (χ0) is 15.6. The van der Waals surface area contributed by atoms with Crippen LogP contribution < -0.4 is 0 Å². The average Bonchev–Trinajstić information content (AvgIpc) is 2.67. The Labute approximate surface area is 123 Å². The van der Waals surface area contributed by atoms with Crippen LogP contribution in [-0.2, 0) is 22.6 Å². The van der Waals surface area contributed by atoms with Gasteiger partial charge in [-0.2, -0.15) is 5.10 Å². The quantitative estimate of drug-likeness (QED) is 0.739. The highest BCUT2D eigenvalue weighted by atomic mass is 16.6. The van der Waals surface area contributed by atoms with Gasteiger partial charge in [-0.05, 0) is 33.3 Å². The van der Waals surface area contributed by atoms with Crippen LogP contribution in [0.5, 0.6) is 0 Å². The number of carbonyl (C=O) groups is 2. The summed E-state index contributed by atoms with van der Waals surface area (Å²) in [5, 5.41) is 4.21. The summed E-state index contributed by atoms with van der Waals surface area (Å²) in [6, 6.07) is 1.66. The van der Waals surface area contributed by atoms with Crippen molar-refractivity contribution in [2.24, 2.45) is 0 Å². The zero-order valence-corrected chi connectivity index (χ0v) is 12.9. The van der Waals surface area contributed by atoms with Crippen molar-refractivity contribution < 1.29 is 19.1 Å². The molecule has 1 aliphatic rings. The minimum atomic E-state index is -0.527. The molecule has 0 N–H and O–H groups in total. The number of aryl methyl sites for hydroxylation is 1. The molecule has 0 bridgehead atoms. The predicted molar refractivity (Wildman–Crippen MR) is 74.8 cm³/mol. The number of esters is 1. The highest BCUT2D eigenvalue weighted by molar-refractivity contribution is 5.87. The Balaban J connectivity index is 2.14. The molecule has 0 aromatic carbocycles. The number of rotatable bonds is 1. The normalized spacial score (nSPS) is 15.1. The van der Waals surface area contributed by atoms with Crippen molar-refractivity contribution in [3.05, 3.63) is 17.5 Å². The molecular formula is C14H21N3O4. The van der Waals surface area contributed by atoms with Gasteiger partial charge < -0.3 is 14.4 Å². The maximum Gasteiger partial charge on any atom is 0.410 e. The Morgan fingerprint density at radius 3 is 2.62 bits per heavy atom. The van der Waals surface area contributed by atoms with Crippen molar-refractivity contribution in [1.29, 1.82) is 0 Å². The molecule has 2 rings (SSSR count). The van der Waals surface area contributed by atoms with Gasteiger partial charge >= 0.3 is 12.1 Å². The maximum absolute atomic E-state index is 12.2. The molecule has 21 heavy (non-hydrogen) atoms. The summed E-state index contributed by atoms with van der Waals surface area (Å²) in [6.45, 7) is 7.14. The van der Waals surface area contributed by atoms with Crippen LogP contribution in [0.1, 0.15) is 43.4 Å². The van der Waals surface area contributed by atoms with Gasteiger partial charge in [0.2, 0.25) is 0 Å². The van der Waals surface area contributed by atoms with Gasteiger partial charge in [-0.25, -0.2) is 9.59 Å². The van der Waals surface area contributed by atoms with Crippen LogP contribution in [0.4, 0.5) is 4.79 Å². The molecule has 0 saturated heterocycles. The van der Waals surface area contributed by atoms with Crippen molar-refractivity contribution in [2.45, 2.75) is 45.9 Å². The molecule has 1 aromatic heterocycles. The van der Waals surface area contributed by atoms with E-state index >= 15 is 0 Å². The average molecular weight is 295 g/mol. The van der Waals surface area contributed by atoms with Crippen LogP contribution in [0.2, 0.25) is 0 Å². The fourth-order valence-corrected chi connectivity index (χ4v) is 2.15. The Bertz CT molecular complexity index is 545. The second-order valence-corrected chi connectivity index (χ2v) is 5.99. The summed E-state index contributed by atoms with van der Waals surface area (Å²) in [5.74, 6) is -0.473. The highest BCUT2D eigenvalue weighted by Crippen LogP contribution is 2.17. The molecule has 0 saturated carbocycles. The van der Waals surface area contributed by atoms with Crippen LogP contribution in [0.15, 0.2) is 6.07 Å². The maximum atomic E-state index is 12.2. The Hall–Kier alpha value is -2.05. The first kappa shape index (κ1) is 15.3. The molecule has 2 heterocycles. The van der Waals surface area contributed by atoms with E-state index in [2.05, 4.69) is 9.84 Å². The first-order chi connectivity index (χ1) is 9.80. The van der Waals surface area contributed by atoms with Crippen molar-refractivity contribution in [3.63, 3.8) is 0 Å². The van der Waals surface area contributed by atoms with Gasteiger partial charge in [0.1, 0.15) is 5.60 Å². The molecule has 0 atom stereocenters. The molecule has 7 nitrogen and oxygen atoms in total. The molecule has 1 amide bonds. The lowest BCUT2D eigenvalue weighted by molar-refractivity contribution is 0.0236. The van der Waals surface area contributed by atoms with Gasteiger partial charge in [0.25, 0.3) is 0 Å². The molecule has 1 aliphatic heterocycles. The number of amides is 1. The molecule has 0 spiro atoms. The number of methoxy groups -OCH3 is 1. The third-order valence-electron chi connectivity index (χ3n) is 3.06. The largest absolute Gasteiger partial charge is 0.464 e. The number of fused-ring (bicyclic) bond motifs is 1. The Morgan fingerprint density at radius 1 is 1.29 bits per heavy atom. The van der Waals surface area contributed by atoms with Crippen LogP contribution in [0.25, 0.3) is 0 Å². The van der Waals surface area contributed by atoms with E-state index in [0.29, 0.717) is 19.6 Å². The topological polar surface area (TPSA) is 73.7 Å². The zero-order valence-electron chi connectivity index (χ0n) is 12.9. The molecule has 0 aliphatic carbocycles. The minimum Gasteiger partial charge on any atom is -0.464 e. The standard InChI is InChI=1S/C14H21N3O4/c1-14(2,3)21-13(19)16-6-5-7-17-10(9-16)8-11(15-17)12(18)20-4/h8H,5-7,9H2,1-4H3. The molecule has 0 fully saturated rings. The lowest BCUT2D eigenvalue weighted by Gasteiger charge is -2.26. The fraction of sp³-hybridized carbons (Fsp3) is 0.643. The molecule has 7 heteroatoms. The van der Waals surface area contributed by atoms with E-state index in [9.17, 15) is 9.59 Å². The summed E-state index contributed by atoms with van der Waals surface area (Å²) >= 11 is 0. The summed E-state index contributed by atoms with van der Waals surface area (Å²) in [7, 11) is 1.32. The van der Waals surface area contributed by atoms with Crippen molar-refractivity contribution in [1.82, 2.24) is 14.7 Å². The number of hydrogen-bond acceptors (Lipinski definition) is 5. The fourth-order valence-electron chi connectivity index (χ4n) is 2.15. The van der Waals surface area contributed by atoms with Gasteiger partial charge in [0.05, 0.1) is 19.3 Å².